The highest BCUT2D eigenvalue weighted by Crippen LogP contribution is 2.19. The van der Waals surface area contributed by atoms with Gasteiger partial charge in [-0.25, -0.2) is 4.39 Å². The Labute approximate surface area is 125 Å². The monoisotopic (exact) mass is 288 g/mol. The number of nitrogens with two attached hydrogens (primary N) is 1. The summed E-state index contributed by atoms with van der Waals surface area (Å²) in [6.45, 7) is 4.28. The second-order valence-corrected chi connectivity index (χ2v) is 4.69. The summed E-state index contributed by atoms with van der Waals surface area (Å²) >= 11 is 0. The quantitative estimate of drug-likeness (QED) is 0.850. The third-order valence-corrected chi connectivity index (χ3v) is 3.39. The molecule has 0 radical (unpaired) electrons. The third kappa shape index (κ3) is 3.95. The molecule has 0 aliphatic carbocycles. The number of likely N-dealkylation sites (N-methyl/N-ethyl adjacent to an activating group) is 1. The number of benzene rings is 2. The predicted molar refractivity (Wildman–Crippen MR) is 84.1 cm³/mol. The third-order valence-electron chi connectivity index (χ3n) is 3.39. The van der Waals surface area contributed by atoms with Crippen LogP contribution in [0.4, 0.5) is 10.1 Å². The van der Waals surface area contributed by atoms with E-state index in [4.69, 9.17) is 10.5 Å². The largest absolute Gasteiger partial charge is 0.491 e. The number of anilines is 1. The van der Waals surface area contributed by atoms with Crippen molar-refractivity contribution >= 4 is 5.69 Å². The first-order valence-corrected chi connectivity index (χ1v) is 7.16. The Morgan fingerprint density at radius 3 is 2.52 bits per heavy atom. The van der Waals surface area contributed by atoms with Gasteiger partial charge in [0.25, 0.3) is 0 Å². The fraction of sp³-hybridized carbons (Fsp3) is 0.294. The van der Waals surface area contributed by atoms with Crippen LogP contribution in [0.3, 0.4) is 0 Å². The van der Waals surface area contributed by atoms with Crippen LogP contribution in [0.1, 0.15) is 12.5 Å². The number of hydrogen-bond donors (Lipinski definition) is 1. The Balaban J connectivity index is 1.97. The van der Waals surface area contributed by atoms with Gasteiger partial charge in [0.05, 0.1) is 12.2 Å². The molecule has 0 aliphatic rings. The van der Waals surface area contributed by atoms with Gasteiger partial charge in [0.2, 0.25) is 0 Å². The van der Waals surface area contributed by atoms with Gasteiger partial charge >= 0.3 is 0 Å². The lowest BCUT2D eigenvalue weighted by molar-refractivity contribution is 0.320. The van der Waals surface area contributed by atoms with Crippen molar-refractivity contribution in [3.8, 4) is 5.75 Å². The van der Waals surface area contributed by atoms with Crippen LogP contribution in [0.15, 0.2) is 48.5 Å². The molecule has 2 aromatic carbocycles. The van der Waals surface area contributed by atoms with Crippen molar-refractivity contribution in [1.29, 1.82) is 0 Å². The van der Waals surface area contributed by atoms with Gasteiger partial charge in [0, 0.05) is 18.7 Å². The average molecular weight is 288 g/mol. The van der Waals surface area contributed by atoms with E-state index in [0.29, 0.717) is 25.4 Å². The van der Waals surface area contributed by atoms with Gasteiger partial charge in [-0.15, -0.1) is 0 Å². The topological polar surface area (TPSA) is 38.5 Å². The van der Waals surface area contributed by atoms with Crippen LogP contribution in [-0.2, 0) is 6.54 Å². The van der Waals surface area contributed by atoms with Crippen molar-refractivity contribution in [3.63, 3.8) is 0 Å². The van der Waals surface area contributed by atoms with Crippen molar-refractivity contribution < 1.29 is 9.13 Å². The van der Waals surface area contributed by atoms with Crippen molar-refractivity contribution in [3.05, 3.63) is 59.9 Å². The SMILES string of the molecule is CCN(CCOc1ccccc1CN)c1ccccc1F. The molecule has 0 saturated carbocycles. The van der Waals surface area contributed by atoms with Crippen LogP contribution in [0.25, 0.3) is 0 Å². The summed E-state index contributed by atoms with van der Waals surface area (Å²) < 4.78 is 19.6. The van der Waals surface area contributed by atoms with Gasteiger partial charge in [-0.2, -0.15) is 0 Å². The van der Waals surface area contributed by atoms with Gasteiger partial charge in [-0.1, -0.05) is 30.3 Å². The minimum Gasteiger partial charge on any atom is -0.491 e. The minimum atomic E-state index is -0.207. The number of ether oxygens (including phenoxy) is 1. The van der Waals surface area contributed by atoms with E-state index >= 15 is 0 Å². The van der Waals surface area contributed by atoms with Crippen LogP contribution in [0.5, 0.6) is 5.75 Å². The fourth-order valence-corrected chi connectivity index (χ4v) is 2.24. The first kappa shape index (κ1) is 15.3. The summed E-state index contributed by atoms with van der Waals surface area (Å²) in [5.74, 6) is 0.589. The fourth-order valence-electron chi connectivity index (χ4n) is 2.24. The first-order chi connectivity index (χ1) is 10.3. The molecule has 21 heavy (non-hydrogen) atoms. The molecule has 0 fully saturated rings. The highest BCUT2D eigenvalue weighted by Gasteiger charge is 2.09. The summed E-state index contributed by atoms with van der Waals surface area (Å²) in [7, 11) is 0. The molecule has 0 unspecified atom stereocenters. The van der Waals surface area contributed by atoms with Gasteiger partial charge < -0.3 is 15.4 Å². The molecule has 2 N–H and O–H groups in total. The second-order valence-electron chi connectivity index (χ2n) is 4.69. The molecule has 0 amide bonds. The standard InChI is InChI=1S/C17H21FN2O/c1-2-20(16-9-5-4-8-15(16)18)11-12-21-17-10-6-3-7-14(17)13-19/h3-10H,2,11-13,19H2,1H3. The molecule has 0 aromatic heterocycles. The molecular weight excluding hydrogens is 267 g/mol. The zero-order valence-corrected chi connectivity index (χ0v) is 12.3. The molecule has 3 nitrogen and oxygen atoms in total. The normalized spacial score (nSPS) is 10.4. The Morgan fingerprint density at radius 2 is 1.81 bits per heavy atom. The van der Waals surface area contributed by atoms with Crippen LogP contribution >= 0.6 is 0 Å². The number of rotatable bonds is 7. The molecule has 0 atom stereocenters. The van der Waals surface area contributed by atoms with E-state index in [9.17, 15) is 4.39 Å². The van der Waals surface area contributed by atoms with E-state index in [1.807, 2.05) is 42.2 Å². The van der Waals surface area contributed by atoms with Crippen molar-refractivity contribution in [2.24, 2.45) is 5.73 Å². The molecule has 0 heterocycles. The number of nitrogens with zero attached hydrogens (tertiary/aromatic N) is 1. The Hall–Kier alpha value is -2.07. The molecule has 2 rings (SSSR count). The lowest BCUT2D eigenvalue weighted by Gasteiger charge is -2.23. The molecule has 0 aliphatic heterocycles. The van der Waals surface area contributed by atoms with E-state index in [1.165, 1.54) is 6.07 Å². The van der Waals surface area contributed by atoms with Gasteiger partial charge in [0.15, 0.2) is 0 Å². The van der Waals surface area contributed by atoms with E-state index in [-0.39, 0.29) is 5.82 Å². The lowest BCUT2D eigenvalue weighted by atomic mass is 10.2. The lowest BCUT2D eigenvalue weighted by Crippen LogP contribution is -2.29. The molecular formula is C17H21FN2O. The van der Waals surface area contributed by atoms with Crippen LogP contribution in [0, 0.1) is 5.82 Å². The Kier molecular flexibility index (Phi) is 5.58. The maximum atomic E-state index is 13.8. The molecule has 4 heteroatoms. The predicted octanol–water partition coefficient (Wildman–Crippen LogP) is 3.19. The number of halogens is 1. The molecule has 2 aromatic rings. The van der Waals surface area contributed by atoms with Crippen molar-refractivity contribution in [2.75, 3.05) is 24.6 Å². The zero-order valence-electron chi connectivity index (χ0n) is 12.3. The first-order valence-electron chi connectivity index (χ1n) is 7.16. The van der Waals surface area contributed by atoms with Gasteiger partial charge in [-0.3, -0.25) is 0 Å². The summed E-state index contributed by atoms with van der Waals surface area (Å²) in [4.78, 5) is 1.96. The van der Waals surface area contributed by atoms with Crippen molar-refractivity contribution in [1.82, 2.24) is 0 Å². The zero-order chi connectivity index (χ0) is 15.1. The highest BCUT2D eigenvalue weighted by molar-refractivity contribution is 5.47. The molecule has 0 bridgehead atoms. The average Bonchev–Trinajstić information content (AvgIpc) is 2.53. The van der Waals surface area contributed by atoms with Gasteiger partial charge in [-0.05, 0) is 25.1 Å². The van der Waals surface area contributed by atoms with Crippen molar-refractivity contribution in [2.45, 2.75) is 13.5 Å². The highest BCUT2D eigenvalue weighted by atomic mass is 19.1. The number of hydrogen-bond acceptors (Lipinski definition) is 3. The van der Waals surface area contributed by atoms with Crippen LogP contribution in [0.2, 0.25) is 0 Å². The summed E-state index contributed by atoms with van der Waals surface area (Å²) in [5, 5.41) is 0. The van der Waals surface area contributed by atoms with E-state index in [2.05, 4.69) is 0 Å². The summed E-state index contributed by atoms with van der Waals surface area (Å²) in [6, 6.07) is 14.5. The summed E-state index contributed by atoms with van der Waals surface area (Å²) in [6.07, 6.45) is 0. The minimum absolute atomic E-state index is 0.207. The van der Waals surface area contributed by atoms with E-state index < -0.39 is 0 Å². The summed E-state index contributed by atoms with van der Waals surface area (Å²) in [5.41, 5.74) is 7.26. The maximum Gasteiger partial charge on any atom is 0.146 e. The van der Waals surface area contributed by atoms with E-state index in [1.54, 1.807) is 12.1 Å². The smallest absolute Gasteiger partial charge is 0.146 e. The Bertz CT molecular complexity index is 574. The molecule has 0 spiro atoms. The van der Waals surface area contributed by atoms with Gasteiger partial charge in [0.1, 0.15) is 18.2 Å². The molecule has 0 saturated heterocycles. The van der Waals surface area contributed by atoms with Crippen LogP contribution < -0.4 is 15.4 Å². The van der Waals surface area contributed by atoms with Crippen LogP contribution in [-0.4, -0.2) is 19.7 Å². The Morgan fingerprint density at radius 1 is 1.10 bits per heavy atom. The second kappa shape index (κ2) is 7.64. The maximum absolute atomic E-state index is 13.8. The number of para-hydroxylation sites is 2. The van der Waals surface area contributed by atoms with E-state index in [0.717, 1.165) is 17.9 Å². The molecule has 112 valence electrons.